The number of nitrogens with zero attached hydrogens (tertiary/aromatic N) is 4. The van der Waals surface area contributed by atoms with E-state index < -0.39 is 0 Å². The minimum absolute atomic E-state index is 0.887. The van der Waals surface area contributed by atoms with E-state index in [2.05, 4.69) is 46.0 Å². The summed E-state index contributed by atoms with van der Waals surface area (Å²) in [4.78, 5) is 17.6. The largest absolute Gasteiger partial charge is 0.359 e. The van der Waals surface area contributed by atoms with E-state index in [9.17, 15) is 0 Å². The lowest BCUT2D eigenvalue weighted by atomic mass is 10.2. The maximum absolute atomic E-state index is 4.43. The first-order valence-corrected chi connectivity index (χ1v) is 7.38. The van der Waals surface area contributed by atoms with Crippen LogP contribution in [-0.4, -0.2) is 28.5 Å². The van der Waals surface area contributed by atoms with Crippen LogP contribution in [0.2, 0.25) is 0 Å². The van der Waals surface area contributed by atoms with Crippen molar-refractivity contribution >= 4 is 27.4 Å². The molecule has 0 aromatic carbocycles. The monoisotopic (exact) mass is 284 g/mol. The Morgan fingerprint density at radius 3 is 2.90 bits per heavy atom. The molecule has 3 rings (SSSR count). The predicted octanol–water partition coefficient (Wildman–Crippen LogP) is 3.07. The van der Waals surface area contributed by atoms with Gasteiger partial charge in [0, 0.05) is 36.8 Å². The number of aromatic nitrogens is 3. The number of pyridine rings is 1. The number of fused-ring (bicyclic) bond motifs is 1. The first kappa shape index (κ1) is 13.0. The molecule has 0 aliphatic heterocycles. The highest BCUT2D eigenvalue weighted by molar-refractivity contribution is 7.18. The SMILES string of the molecule is Cc1cc2c(N(C)CCc3ccccn3)ncnc2s1. The van der Waals surface area contributed by atoms with Crippen LogP contribution in [0, 0.1) is 6.92 Å². The lowest BCUT2D eigenvalue weighted by molar-refractivity contribution is 0.841. The fourth-order valence-electron chi connectivity index (χ4n) is 2.20. The summed E-state index contributed by atoms with van der Waals surface area (Å²) in [6, 6.07) is 8.17. The molecule has 0 unspecified atom stereocenters. The van der Waals surface area contributed by atoms with Gasteiger partial charge in [-0.1, -0.05) is 6.07 Å². The van der Waals surface area contributed by atoms with Gasteiger partial charge in [0.05, 0.1) is 5.39 Å². The van der Waals surface area contributed by atoms with Crippen LogP contribution in [0.15, 0.2) is 36.8 Å². The third kappa shape index (κ3) is 2.63. The molecule has 5 heteroatoms. The molecule has 0 N–H and O–H groups in total. The minimum atomic E-state index is 0.887. The number of rotatable bonds is 4. The van der Waals surface area contributed by atoms with Gasteiger partial charge in [0.2, 0.25) is 0 Å². The molecular weight excluding hydrogens is 268 g/mol. The number of aryl methyl sites for hydroxylation is 1. The van der Waals surface area contributed by atoms with E-state index in [1.165, 1.54) is 4.88 Å². The molecule has 0 bridgehead atoms. The topological polar surface area (TPSA) is 41.9 Å². The quantitative estimate of drug-likeness (QED) is 0.738. The van der Waals surface area contributed by atoms with E-state index in [1.807, 2.05) is 18.3 Å². The predicted molar refractivity (Wildman–Crippen MR) is 83.4 cm³/mol. The van der Waals surface area contributed by atoms with Crippen molar-refractivity contribution in [3.05, 3.63) is 47.4 Å². The van der Waals surface area contributed by atoms with Crippen molar-refractivity contribution in [3.63, 3.8) is 0 Å². The molecule has 0 aliphatic rings. The van der Waals surface area contributed by atoms with Gasteiger partial charge in [0.15, 0.2) is 0 Å². The van der Waals surface area contributed by atoms with Gasteiger partial charge in [-0.25, -0.2) is 9.97 Å². The molecule has 0 saturated heterocycles. The van der Waals surface area contributed by atoms with Crippen molar-refractivity contribution < 1.29 is 0 Å². The Morgan fingerprint density at radius 1 is 1.20 bits per heavy atom. The summed E-state index contributed by atoms with van der Waals surface area (Å²) >= 11 is 1.71. The van der Waals surface area contributed by atoms with Crippen molar-refractivity contribution in [3.8, 4) is 0 Å². The van der Waals surface area contributed by atoms with Gasteiger partial charge < -0.3 is 4.90 Å². The molecule has 3 aromatic heterocycles. The van der Waals surface area contributed by atoms with Crippen LogP contribution in [0.25, 0.3) is 10.2 Å². The normalized spacial score (nSPS) is 10.9. The Bertz CT molecular complexity index is 708. The van der Waals surface area contributed by atoms with Gasteiger partial charge >= 0.3 is 0 Å². The molecule has 102 valence electrons. The molecule has 0 radical (unpaired) electrons. The van der Waals surface area contributed by atoms with Gasteiger partial charge in [-0.2, -0.15) is 0 Å². The lowest BCUT2D eigenvalue weighted by Crippen LogP contribution is -2.21. The summed E-state index contributed by atoms with van der Waals surface area (Å²) in [7, 11) is 2.07. The van der Waals surface area contributed by atoms with Crippen LogP contribution in [0.3, 0.4) is 0 Å². The molecule has 0 amide bonds. The van der Waals surface area contributed by atoms with Crippen LogP contribution < -0.4 is 4.90 Å². The molecule has 3 heterocycles. The number of hydrogen-bond acceptors (Lipinski definition) is 5. The van der Waals surface area contributed by atoms with E-state index in [0.29, 0.717) is 0 Å². The van der Waals surface area contributed by atoms with Crippen LogP contribution in [0.5, 0.6) is 0 Å². The maximum Gasteiger partial charge on any atom is 0.140 e. The van der Waals surface area contributed by atoms with E-state index in [4.69, 9.17) is 0 Å². The van der Waals surface area contributed by atoms with E-state index in [1.54, 1.807) is 17.7 Å². The van der Waals surface area contributed by atoms with Crippen LogP contribution in [0.1, 0.15) is 10.6 Å². The zero-order chi connectivity index (χ0) is 13.9. The summed E-state index contributed by atoms with van der Waals surface area (Å²) in [6.07, 6.45) is 4.39. The zero-order valence-electron chi connectivity index (χ0n) is 11.6. The summed E-state index contributed by atoms with van der Waals surface area (Å²) < 4.78 is 0. The van der Waals surface area contributed by atoms with Crippen LogP contribution in [-0.2, 0) is 6.42 Å². The van der Waals surface area contributed by atoms with Crippen molar-refractivity contribution in [1.29, 1.82) is 0 Å². The maximum atomic E-state index is 4.43. The highest BCUT2D eigenvalue weighted by Gasteiger charge is 2.11. The van der Waals surface area contributed by atoms with E-state index in [0.717, 1.165) is 34.7 Å². The summed E-state index contributed by atoms with van der Waals surface area (Å²) in [5.41, 5.74) is 1.10. The fourth-order valence-corrected chi connectivity index (χ4v) is 3.04. The van der Waals surface area contributed by atoms with Crippen molar-refractivity contribution in [1.82, 2.24) is 15.0 Å². The van der Waals surface area contributed by atoms with Crippen LogP contribution >= 0.6 is 11.3 Å². The smallest absolute Gasteiger partial charge is 0.140 e. The van der Waals surface area contributed by atoms with Gasteiger partial charge in [-0.05, 0) is 25.1 Å². The molecule has 20 heavy (non-hydrogen) atoms. The Morgan fingerprint density at radius 2 is 2.10 bits per heavy atom. The van der Waals surface area contributed by atoms with Crippen molar-refractivity contribution in [2.45, 2.75) is 13.3 Å². The lowest BCUT2D eigenvalue weighted by Gasteiger charge is -2.18. The fraction of sp³-hybridized carbons (Fsp3) is 0.267. The third-order valence-corrected chi connectivity index (χ3v) is 4.18. The average Bonchev–Trinajstić information content (AvgIpc) is 2.85. The number of anilines is 1. The second-order valence-electron chi connectivity index (χ2n) is 4.77. The highest BCUT2D eigenvalue weighted by Crippen LogP contribution is 2.29. The van der Waals surface area contributed by atoms with Gasteiger partial charge in [-0.15, -0.1) is 11.3 Å². The molecule has 0 fully saturated rings. The summed E-state index contributed by atoms with van der Waals surface area (Å²) in [5, 5.41) is 1.14. The first-order chi connectivity index (χ1) is 9.74. The molecule has 0 spiro atoms. The second kappa shape index (κ2) is 5.54. The molecule has 4 nitrogen and oxygen atoms in total. The standard InChI is InChI=1S/C15H16N4S/c1-11-9-13-14(17-10-18-15(13)20-11)19(2)8-6-12-5-3-4-7-16-12/h3-5,7,9-10H,6,8H2,1-2H3. The van der Waals surface area contributed by atoms with Crippen molar-refractivity contribution in [2.24, 2.45) is 0 Å². The molecule has 0 saturated carbocycles. The highest BCUT2D eigenvalue weighted by atomic mass is 32.1. The van der Waals surface area contributed by atoms with Gasteiger partial charge in [-0.3, -0.25) is 4.98 Å². The minimum Gasteiger partial charge on any atom is -0.359 e. The average molecular weight is 284 g/mol. The Balaban J connectivity index is 1.80. The van der Waals surface area contributed by atoms with Gasteiger partial charge in [0.1, 0.15) is 17.0 Å². The Kier molecular flexibility index (Phi) is 3.60. The Labute approximate surface area is 122 Å². The molecule has 0 atom stereocenters. The summed E-state index contributed by atoms with van der Waals surface area (Å²) in [5.74, 6) is 0.996. The van der Waals surface area contributed by atoms with Crippen molar-refractivity contribution in [2.75, 3.05) is 18.5 Å². The first-order valence-electron chi connectivity index (χ1n) is 6.56. The molecule has 3 aromatic rings. The Hall–Kier alpha value is -2.01. The third-order valence-electron chi connectivity index (χ3n) is 3.22. The van der Waals surface area contributed by atoms with E-state index >= 15 is 0 Å². The molecule has 0 aliphatic carbocycles. The number of hydrogen-bond donors (Lipinski definition) is 0. The zero-order valence-corrected chi connectivity index (χ0v) is 12.4. The second-order valence-corrected chi connectivity index (χ2v) is 6.00. The van der Waals surface area contributed by atoms with Gasteiger partial charge in [0.25, 0.3) is 0 Å². The summed E-state index contributed by atoms with van der Waals surface area (Å²) in [6.45, 7) is 2.99. The van der Waals surface area contributed by atoms with E-state index in [-0.39, 0.29) is 0 Å². The number of thiophene rings is 1. The molecular formula is C15H16N4S. The number of likely N-dealkylation sites (N-methyl/N-ethyl adjacent to an activating group) is 1. The van der Waals surface area contributed by atoms with Crippen LogP contribution in [0.4, 0.5) is 5.82 Å².